The van der Waals surface area contributed by atoms with Gasteiger partial charge in [-0.2, -0.15) is 0 Å². The highest BCUT2D eigenvalue weighted by Crippen LogP contribution is 2.25. The van der Waals surface area contributed by atoms with Crippen molar-refractivity contribution in [2.45, 2.75) is 31.7 Å². The van der Waals surface area contributed by atoms with Crippen LogP contribution in [0.5, 0.6) is 11.5 Å². The van der Waals surface area contributed by atoms with Crippen LogP contribution >= 0.6 is 0 Å². The summed E-state index contributed by atoms with van der Waals surface area (Å²) in [6, 6.07) is 17.4. The van der Waals surface area contributed by atoms with Gasteiger partial charge in [0.2, 0.25) is 5.91 Å². The number of amides is 2. The first kappa shape index (κ1) is 23.1. The minimum atomic E-state index is 0.0418. The number of carbonyl (C=O) groups excluding carboxylic acids is 2. The Hall–Kier alpha value is -3.06. The summed E-state index contributed by atoms with van der Waals surface area (Å²) in [4.78, 5) is 29.6. The molecular formula is C26H33N3O4. The highest BCUT2D eigenvalue weighted by molar-refractivity contribution is 5.92. The fourth-order valence-corrected chi connectivity index (χ4v) is 4.68. The number of nitrogens with one attached hydrogen (secondary N) is 1. The Bertz CT molecular complexity index is 903. The second kappa shape index (κ2) is 11.2. The van der Waals surface area contributed by atoms with Gasteiger partial charge in [-0.25, -0.2) is 0 Å². The number of para-hydroxylation sites is 1. The van der Waals surface area contributed by atoms with Crippen LogP contribution in [0.1, 0.15) is 25.7 Å². The van der Waals surface area contributed by atoms with Gasteiger partial charge in [0.15, 0.2) is 6.61 Å². The van der Waals surface area contributed by atoms with Crippen LogP contribution in [0.2, 0.25) is 0 Å². The molecule has 7 nitrogen and oxygen atoms in total. The van der Waals surface area contributed by atoms with Gasteiger partial charge in [-0.1, -0.05) is 18.2 Å². The largest absolute Gasteiger partial charge is 0.497 e. The number of likely N-dealkylation sites (tertiary alicyclic amines) is 2. The Kier molecular flexibility index (Phi) is 7.83. The van der Waals surface area contributed by atoms with Crippen LogP contribution in [-0.2, 0) is 9.59 Å². The van der Waals surface area contributed by atoms with Crippen LogP contribution in [0.15, 0.2) is 54.6 Å². The van der Waals surface area contributed by atoms with Gasteiger partial charge in [0.25, 0.3) is 5.91 Å². The van der Waals surface area contributed by atoms with Crippen molar-refractivity contribution in [1.29, 1.82) is 0 Å². The van der Waals surface area contributed by atoms with E-state index in [2.05, 4.69) is 10.2 Å². The van der Waals surface area contributed by atoms with E-state index >= 15 is 0 Å². The van der Waals surface area contributed by atoms with E-state index in [1.807, 2.05) is 59.5 Å². The van der Waals surface area contributed by atoms with E-state index in [0.717, 1.165) is 69.0 Å². The number of methoxy groups -OCH3 is 1. The standard InChI is InChI=1S/C26H33N3O4/c1-32-23-9-7-21(8-10-23)27-26(31)20-11-15-28(16-12-20)22-13-17-29(18-14-22)25(30)19-33-24-5-3-2-4-6-24/h2-10,20,22H,11-19H2,1H3,(H,27,31). The molecule has 4 rings (SSSR count). The van der Waals surface area contributed by atoms with Crippen LogP contribution in [0, 0.1) is 5.92 Å². The van der Waals surface area contributed by atoms with Crippen LogP contribution in [-0.4, -0.2) is 67.6 Å². The summed E-state index contributed by atoms with van der Waals surface area (Å²) >= 11 is 0. The maximum absolute atomic E-state index is 12.7. The third-order valence-corrected chi connectivity index (χ3v) is 6.70. The van der Waals surface area contributed by atoms with Crippen LogP contribution in [0.3, 0.4) is 0 Å². The van der Waals surface area contributed by atoms with Gasteiger partial charge in [0.1, 0.15) is 11.5 Å². The minimum Gasteiger partial charge on any atom is -0.497 e. The highest BCUT2D eigenvalue weighted by atomic mass is 16.5. The van der Waals surface area contributed by atoms with Crippen molar-refractivity contribution < 1.29 is 19.1 Å². The zero-order chi connectivity index (χ0) is 23.0. The first-order chi connectivity index (χ1) is 16.1. The van der Waals surface area contributed by atoms with Gasteiger partial charge in [-0.15, -0.1) is 0 Å². The molecular weight excluding hydrogens is 418 g/mol. The summed E-state index contributed by atoms with van der Waals surface area (Å²) < 4.78 is 10.8. The monoisotopic (exact) mass is 451 g/mol. The number of hydrogen-bond acceptors (Lipinski definition) is 5. The zero-order valence-electron chi connectivity index (χ0n) is 19.2. The summed E-state index contributed by atoms with van der Waals surface area (Å²) in [7, 11) is 1.63. The third kappa shape index (κ3) is 6.26. The predicted octanol–water partition coefficient (Wildman–Crippen LogP) is 3.42. The highest BCUT2D eigenvalue weighted by Gasteiger charge is 2.31. The van der Waals surface area contributed by atoms with Gasteiger partial charge in [-0.3, -0.25) is 9.59 Å². The molecule has 2 aromatic carbocycles. The summed E-state index contributed by atoms with van der Waals surface area (Å²) in [5, 5.41) is 3.03. The first-order valence-electron chi connectivity index (χ1n) is 11.8. The topological polar surface area (TPSA) is 71.1 Å². The SMILES string of the molecule is COc1ccc(NC(=O)C2CCN(C3CCN(C(=O)COc4ccccc4)CC3)CC2)cc1. The molecule has 1 N–H and O–H groups in total. The molecule has 2 aromatic rings. The quantitative estimate of drug-likeness (QED) is 0.699. The van der Waals surface area contributed by atoms with Crippen LogP contribution < -0.4 is 14.8 Å². The normalized spacial score (nSPS) is 18.0. The van der Waals surface area contributed by atoms with E-state index in [4.69, 9.17) is 9.47 Å². The average molecular weight is 452 g/mol. The van der Waals surface area contributed by atoms with Crippen molar-refractivity contribution in [3.8, 4) is 11.5 Å². The van der Waals surface area contributed by atoms with Gasteiger partial charge >= 0.3 is 0 Å². The van der Waals surface area contributed by atoms with Crippen molar-refractivity contribution >= 4 is 17.5 Å². The lowest BCUT2D eigenvalue weighted by molar-refractivity contribution is -0.135. The summed E-state index contributed by atoms with van der Waals surface area (Å²) in [5.41, 5.74) is 0.802. The third-order valence-electron chi connectivity index (χ3n) is 6.70. The maximum Gasteiger partial charge on any atom is 0.260 e. The lowest BCUT2D eigenvalue weighted by Crippen LogP contribution is -2.50. The van der Waals surface area contributed by atoms with Gasteiger partial charge < -0.3 is 24.6 Å². The molecule has 2 fully saturated rings. The number of ether oxygens (including phenoxy) is 2. The van der Waals surface area contributed by atoms with Crippen molar-refractivity contribution in [1.82, 2.24) is 9.80 Å². The van der Waals surface area contributed by atoms with E-state index in [0.29, 0.717) is 6.04 Å². The van der Waals surface area contributed by atoms with Crippen molar-refractivity contribution in [2.75, 3.05) is 45.2 Å². The van der Waals surface area contributed by atoms with Gasteiger partial charge in [-0.05, 0) is 75.2 Å². The molecule has 0 aliphatic carbocycles. The molecule has 33 heavy (non-hydrogen) atoms. The molecule has 0 radical (unpaired) electrons. The summed E-state index contributed by atoms with van der Waals surface area (Å²) in [6.45, 7) is 3.47. The van der Waals surface area contributed by atoms with E-state index < -0.39 is 0 Å². The summed E-state index contributed by atoms with van der Waals surface area (Å²) in [6.07, 6.45) is 3.68. The van der Waals surface area contributed by atoms with Crippen LogP contribution in [0.25, 0.3) is 0 Å². The number of benzene rings is 2. The molecule has 0 aromatic heterocycles. The zero-order valence-corrected chi connectivity index (χ0v) is 19.2. The Balaban J connectivity index is 1.17. The van der Waals surface area contributed by atoms with E-state index in [9.17, 15) is 9.59 Å². The second-order valence-electron chi connectivity index (χ2n) is 8.74. The molecule has 2 aliphatic rings. The molecule has 0 spiro atoms. The average Bonchev–Trinajstić information content (AvgIpc) is 2.88. The molecule has 0 bridgehead atoms. The number of anilines is 1. The molecule has 2 saturated heterocycles. The minimum absolute atomic E-state index is 0.0418. The van der Waals surface area contributed by atoms with E-state index in [-0.39, 0.29) is 24.3 Å². The lowest BCUT2D eigenvalue weighted by Gasteiger charge is -2.41. The van der Waals surface area contributed by atoms with Crippen molar-refractivity contribution in [2.24, 2.45) is 5.92 Å². The smallest absolute Gasteiger partial charge is 0.260 e. The fourth-order valence-electron chi connectivity index (χ4n) is 4.68. The van der Waals surface area contributed by atoms with Crippen LogP contribution in [0.4, 0.5) is 5.69 Å². The molecule has 2 aliphatic heterocycles. The number of hydrogen-bond donors (Lipinski definition) is 1. The van der Waals surface area contributed by atoms with Crippen molar-refractivity contribution in [3.63, 3.8) is 0 Å². The Morgan fingerprint density at radius 2 is 1.55 bits per heavy atom. The summed E-state index contributed by atoms with van der Waals surface area (Å²) in [5.74, 6) is 1.68. The Morgan fingerprint density at radius 3 is 2.18 bits per heavy atom. The number of piperidine rings is 2. The molecule has 7 heteroatoms. The molecule has 0 atom stereocenters. The van der Waals surface area contributed by atoms with E-state index in [1.54, 1.807) is 7.11 Å². The number of carbonyl (C=O) groups is 2. The van der Waals surface area contributed by atoms with Gasteiger partial charge in [0, 0.05) is 30.7 Å². The molecule has 0 saturated carbocycles. The lowest BCUT2D eigenvalue weighted by atomic mass is 9.92. The number of rotatable bonds is 7. The molecule has 0 unspecified atom stereocenters. The Morgan fingerprint density at radius 1 is 0.879 bits per heavy atom. The van der Waals surface area contributed by atoms with Crippen molar-refractivity contribution in [3.05, 3.63) is 54.6 Å². The molecule has 2 amide bonds. The molecule has 2 heterocycles. The molecule has 176 valence electrons. The fraction of sp³-hybridized carbons (Fsp3) is 0.462. The second-order valence-corrected chi connectivity index (χ2v) is 8.74. The van der Waals surface area contributed by atoms with Gasteiger partial charge in [0.05, 0.1) is 7.11 Å². The Labute approximate surface area is 195 Å². The maximum atomic E-state index is 12.7. The van der Waals surface area contributed by atoms with E-state index in [1.165, 1.54) is 0 Å². The predicted molar refractivity (Wildman–Crippen MR) is 127 cm³/mol. The first-order valence-corrected chi connectivity index (χ1v) is 11.8. The number of nitrogens with zero attached hydrogens (tertiary/aromatic N) is 2.